The predicted octanol–water partition coefficient (Wildman–Crippen LogP) is 2.25. The first-order valence-corrected chi connectivity index (χ1v) is 10.1. The minimum atomic E-state index is -0.251. The van der Waals surface area contributed by atoms with E-state index in [-0.39, 0.29) is 24.5 Å². The zero-order chi connectivity index (χ0) is 21.0. The Bertz CT molecular complexity index is 847. The predicted molar refractivity (Wildman–Crippen MR) is 110 cm³/mol. The first-order valence-electron chi connectivity index (χ1n) is 10.1. The first-order chi connectivity index (χ1) is 13.8. The van der Waals surface area contributed by atoms with Gasteiger partial charge in [-0.25, -0.2) is 0 Å². The third-order valence-electron chi connectivity index (χ3n) is 4.95. The molecule has 2 amide bonds. The van der Waals surface area contributed by atoms with Crippen LogP contribution in [0.15, 0.2) is 36.4 Å². The van der Waals surface area contributed by atoms with Gasteiger partial charge < -0.3 is 14.5 Å². The molecule has 2 heterocycles. The quantitative estimate of drug-likeness (QED) is 0.749. The van der Waals surface area contributed by atoms with Crippen LogP contribution in [-0.2, 0) is 23.2 Å². The maximum Gasteiger partial charge on any atom is 0.272 e. The third kappa shape index (κ3) is 5.44. The van der Waals surface area contributed by atoms with Gasteiger partial charge in [0, 0.05) is 26.7 Å². The number of rotatable bonds is 6. The molecule has 0 saturated carbocycles. The number of carbonyl (C=O) groups excluding carboxylic acids is 2. The van der Waals surface area contributed by atoms with Gasteiger partial charge in [-0.3, -0.25) is 14.3 Å². The van der Waals surface area contributed by atoms with Crippen molar-refractivity contribution in [1.82, 2.24) is 19.6 Å². The molecular formula is C22H30N4O3. The van der Waals surface area contributed by atoms with E-state index >= 15 is 0 Å². The van der Waals surface area contributed by atoms with Crippen molar-refractivity contribution in [2.24, 2.45) is 13.0 Å². The van der Waals surface area contributed by atoms with Gasteiger partial charge in [0.25, 0.3) is 5.91 Å². The van der Waals surface area contributed by atoms with Crippen molar-refractivity contribution in [3.8, 4) is 0 Å². The summed E-state index contributed by atoms with van der Waals surface area (Å²) in [6.45, 7) is 8.02. The van der Waals surface area contributed by atoms with Crippen LogP contribution in [-0.4, -0.2) is 63.7 Å². The fourth-order valence-corrected chi connectivity index (χ4v) is 3.62. The number of aromatic nitrogens is 2. The molecule has 1 aliphatic rings. The molecule has 1 aromatic heterocycles. The van der Waals surface area contributed by atoms with Crippen molar-refractivity contribution in [3.05, 3.63) is 53.3 Å². The Morgan fingerprint density at radius 2 is 1.97 bits per heavy atom. The van der Waals surface area contributed by atoms with Crippen LogP contribution >= 0.6 is 0 Å². The Balaban J connectivity index is 1.78. The maximum atomic E-state index is 13.1. The molecule has 0 spiro atoms. The smallest absolute Gasteiger partial charge is 0.272 e. The summed E-state index contributed by atoms with van der Waals surface area (Å²) in [5.74, 6) is 0.105. The second-order valence-electron chi connectivity index (χ2n) is 8.09. The van der Waals surface area contributed by atoms with Crippen LogP contribution in [0.25, 0.3) is 0 Å². The van der Waals surface area contributed by atoms with Gasteiger partial charge in [0.15, 0.2) is 0 Å². The number of hydrogen-bond acceptors (Lipinski definition) is 4. The number of ether oxygens (including phenoxy) is 1. The molecule has 29 heavy (non-hydrogen) atoms. The largest absolute Gasteiger partial charge is 0.370 e. The summed E-state index contributed by atoms with van der Waals surface area (Å²) in [5, 5.41) is 4.26. The molecule has 1 atom stereocenters. The summed E-state index contributed by atoms with van der Waals surface area (Å²) in [4.78, 5) is 29.4. The van der Waals surface area contributed by atoms with E-state index < -0.39 is 0 Å². The van der Waals surface area contributed by atoms with Gasteiger partial charge in [-0.05, 0) is 24.5 Å². The zero-order valence-electron chi connectivity index (χ0n) is 17.7. The van der Waals surface area contributed by atoms with Gasteiger partial charge in [0.2, 0.25) is 5.91 Å². The summed E-state index contributed by atoms with van der Waals surface area (Å²) in [7, 11) is 1.74. The highest BCUT2D eigenvalue weighted by Gasteiger charge is 2.32. The molecule has 0 aliphatic carbocycles. The fraction of sp³-hybridized carbons (Fsp3) is 0.500. The van der Waals surface area contributed by atoms with E-state index in [4.69, 9.17) is 4.74 Å². The lowest BCUT2D eigenvalue weighted by molar-refractivity contribution is -0.132. The van der Waals surface area contributed by atoms with E-state index in [2.05, 4.69) is 18.9 Å². The number of hydrogen-bond donors (Lipinski definition) is 0. The lowest BCUT2D eigenvalue weighted by Crippen LogP contribution is -2.41. The summed E-state index contributed by atoms with van der Waals surface area (Å²) < 4.78 is 7.72. The molecule has 0 radical (unpaired) electrons. The SMILES string of the molecule is Cc1cc(C(=O)N2CC(=O)N(CC(C)C)C[C@H](OCc3ccccc3)C2)n(C)n1. The minimum Gasteiger partial charge on any atom is -0.370 e. The van der Waals surface area contributed by atoms with Gasteiger partial charge >= 0.3 is 0 Å². The monoisotopic (exact) mass is 398 g/mol. The number of amides is 2. The molecule has 7 heteroatoms. The average Bonchev–Trinajstić information content (AvgIpc) is 2.93. The van der Waals surface area contributed by atoms with Gasteiger partial charge in [-0.15, -0.1) is 0 Å². The third-order valence-corrected chi connectivity index (χ3v) is 4.95. The van der Waals surface area contributed by atoms with Crippen LogP contribution < -0.4 is 0 Å². The molecule has 0 N–H and O–H groups in total. The summed E-state index contributed by atoms with van der Waals surface area (Å²) in [6, 6.07) is 11.7. The molecule has 7 nitrogen and oxygen atoms in total. The van der Waals surface area contributed by atoms with Gasteiger partial charge in [0.1, 0.15) is 12.2 Å². The van der Waals surface area contributed by atoms with Crippen LogP contribution in [0, 0.1) is 12.8 Å². The van der Waals surface area contributed by atoms with Crippen LogP contribution in [0.4, 0.5) is 0 Å². The van der Waals surface area contributed by atoms with Crippen LogP contribution in [0.5, 0.6) is 0 Å². The van der Waals surface area contributed by atoms with Crippen molar-refractivity contribution in [2.45, 2.75) is 33.5 Å². The molecule has 3 rings (SSSR count). The highest BCUT2D eigenvalue weighted by Crippen LogP contribution is 2.15. The Labute approximate surface area is 172 Å². The van der Waals surface area contributed by atoms with Crippen molar-refractivity contribution < 1.29 is 14.3 Å². The van der Waals surface area contributed by atoms with Gasteiger partial charge in [-0.2, -0.15) is 5.10 Å². The topological polar surface area (TPSA) is 67.7 Å². The van der Waals surface area contributed by atoms with Crippen LogP contribution in [0.2, 0.25) is 0 Å². The molecule has 1 aromatic carbocycles. The first kappa shape index (κ1) is 21.0. The molecule has 156 valence electrons. The van der Waals surface area contributed by atoms with Crippen molar-refractivity contribution in [2.75, 3.05) is 26.2 Å². The van der Waals surface area contributed by atoms with Crippen LogP contribution in [0.1, 0.15) is 35.6 Å². The van der Waals surface area contributed by atoms with E-state index in [1.807, 2.05) is 42.2 Å². The van der Waals surface area contributed by atoms with Gasteiger partial charge in [0.05, 0.1) is 18.4 Å². The van der Waals surface area contributed by atoms with Crippen molar-refractivity contribution in [3.63, 3.8) is 0 Å². The zero-order valence-corrected chi connectivity index (χ0v) is 17.7. The molecular weight excluding hydrogens is 368 g/mol. The summed E-state index contributed by atoms with van der Waals surface area (Å²) in [6.07, 6.45) is -0.251. The Hall–Kier alpha value is -2.67. The Morgan fingerprint density at radius 1 is 1.24 bits per heavy atom. The standard InChI is InChI=1S/C22H30N4O3/c1-16(2)11-25-12-19(29-15-18-8-6-5-7-9-18)13-26(14-21(25)27)22(28)20-10-17(3)23-24(20)4/h5-10,16,19H,11-15H2,1-4H3/t19-/m0/s1. The molecule has 0 bridgehead atoms. The molecule has 2 aromatic rings. The van der Waals surface area contributed by atoms with Crippen LogP contribution in [0.3, 0.4) is 0 Å². The number of carbonyl (C=O) groups is 2. The molecule has 1 fully saturated rings. The number of aryl methyl sites for hydroxylation is 2. The highest BCUT2D eigenvalue weighted by atomic mass is 16.5. The van der Waals surface area contributed by atoms with Crippen molar-refractivity contribution in [1.29, 1.82) is 0 Å². The Morgan fingerprint density at radius 3 is 2.59 bits per heavy atom. The summed E-state index contributed by atoms with van der Waals surface area (Å²) in [5.41, 5.74) is 2.32. The van der Waals surface area contributed by atoms with E-state index in [0.29, 0.717) is 37.9 Å². The molecule has 0 unspecified atom stereocenters. The molecule has 1 aliphatic heterocycles. The van der Waals surface area contributed by atoms with E-state index in [1.54, 1.807) is 22.7 Å². The second-order valence-corrected chi connectivity index (χ2v) is 8.09. The highest BCUT2D eigenvalue weighted by molar-refractivity contribution is 5.95. The maximum absolute atomic E-state index is 13.1. The van der Waals surface area contributed by atoms with E-state index in [9.17, 15) is 9.59 Å². The van der Waals surface area contributed by atoms with E-state index in [0.717, 1.165) is 11.3 Å². The molecule has 1 saturated heterocycles. The fourth-order valence-electron chi connectivity index (χ4n) is 3.62. The van der Waals surface area contributed by atoms with Crippen molar-refractivity contribution >= 4 is 11.8 Å². The minimum absolute atomic E-state index is 0.0447. The normalized spacial score (nSPS) is 17.7. The van der Waals surface area contributed by atoms with E-state index in [1.165, 1.54) is 0 Å². The summed E-state index contributed by atoms with van der Waals surface area (Å²) >= 11 is 0. The number of nitrogens with zero attached hydrogens (tertiary/aromatic N) is 4. The second kappa shape index (κ2) is 9.22. The lowest BCUT2D eigenvalue weighted by atomic mass is 10.2. The van der Waals surface area contributed by atoms with Gasteiger partial charge in [-0.1, -0.05) is 44.2 Å². The lowest BCUT2D eigenvalue weighted by Gasteiger charge is -2.26. The number of benzene rings is 1. The Kier molecular flexibility index (Phi) is 6.69. The average molecular weight is 399 g/mol.